The van der Waals surface area contributed by atoms with Gasteiger partial charge in [-0.15, -0.1) is 0 Å². The van der Waals surface area contributed by atoms with Gasteiger partial charge in [-0.2, -0.15) is 0 Å². The van der Waals surface area contributed by atoms with E-state index in [0.717, 1.165) is 11.0 Å². The molecule has 2 rings (SSSR count). The number of furan rings is 1. The van der Waals surface area contributed by atoms with Gasteiger partial charge in [-0.3, -0.25) is 0 Å². The van der Waals surface area contributed by atoms with E-state index in [1.54, 1.807) is 7.11 Å². The van der Waals surface area contributed by atoms with Gasteiger partial charge in [-0.1, -0.05) is 11.6 Å². The fraction of sp³-hybridized carbons (Fsp3) is 0.429. The minimum absolute atomic E-state index is 0.0138. The quantitative estimate of drug-likeness (QED) is 0.883. The van der Waals surface area contributed by atoms with E-state index >= 15 is 0 Å². The number of methoxy groups -OCH3 is 1. The standard InChI is InChI=1S/C14H18O3/c1-9-4-5-13-11(6-9)8-14(17-13)12(15)7-10(2)16-3/h4-6,8,10,12,15H,7H2,1-3H3. The molecule has 0 saturated heterocycles. The molecular formula is C14H18O3. The van der Waals surface area contributed by atoms with Crippen molar-refractivity contribution in [3.8, 4) is 0 Å². The molecule has 2 unspecified atom stereocenters. The van der Waals surface area contributed by atoms with Crippen molar-refractivity contribution in [1.29, 1.82) is 0 Å². The molecule has 0 spiro atoms. The van der Waals surface area contributed by atoms with Crippen LogP contribution in [-0.2, 0) is 4.74 Å². The van der Waals surface area contributed by atoms with Gasteiger partial charge in [-0.25, -0.2) is 0 Å². The lowest BCUT2D eigenvalue weighted by Gasteiger charge is -2.12. The van der Waals surface area contributed by atoms with E-state index in [1.807, 2.05) is 32.0 Å². The van der Waals surface area contributed by atoms with Gasteiger partial charge < -0.3 is 14.3 Å². The summed E-state index contributed by atoms with van der Waals surface area (Å²) >= 11 is 0. The number of fused-ring (bicyclic) bond motifs is 1. The average Bonchev–Trinajstić information content (AvgIpc) is 2.71. The zero-order valence-electron chi connectivity index (χ0n) is 10.4. The summed E-state index contributed by atoms with van der Waals surface area (Å²) in [5, 5.41) is 11.1. The first-order chi connectivity index (χ1) is 8.10. The molecule has 1 N–H and O–H groups in total. The minimum Gasteiger partial charge on any atom is -0.458 e. The van der Waals surface area contributed by atoms with Crippen molar-refractivity contribution in [3.63, 3.8) is 0 Å². The Balaban J connectivity index is 2.24. The van der Waals surface area contributed by atoms with E-state index in [9.17, 15) is 5.11 Å². The second-order valence-electron chi connectivity index (χ2n) is 4.49. The highest BCUT2D eigenvalue weighted by Gasteiger charge is 2.16. The third kappa shape index (κ3) is 2.68. The third-order valence-corrected chi connectivity index (χ3v) is 2.98. The number of aryl methyl sites for hydroxylation is 1. The molecular weight excluding hydrogens is 216 g/mol. The van der Waals surface area contributed by atoms with Gasteiger partial charge in [0.15, 0.2) is 0 Å². The van der Waals surface area contributed by atoms with Gasteiger partial charge in [0.1, 0.15) is 17.4 Å². The highest BCUT2D eigenvalue weighted by atomic mass is 16.5. The normalized spacial score (nSPS) is 15.1. The molecule has 0 radical (unpaired) electrons. The Hall–Kier alpha value is -1.32. The van der Waals surface area contributed by atoms with E-state index in [1.165, 1.54) is 5.56 Å². The van der Waals surface area contributed by atoms with Crippen LogP contribution >= 0.6 is 0 Å². The van der Waals surface area contributed by atoms with Crippen molar-refractivity contribution in [2.45, 2.75) is 32.5 Å². The Labute approximate surface area is 101 Å². The van der Waals surface area contributed by atoms with Crippen molar-refractivity contribution >= 4 is 11.0 Å². The van der Waals surface area contributed by atoms with E-state index in [-0.39, 0.29) is 6.10 Å². The minimum atomic E-state index is -0.613. The average molecular weight is 234 g/mol. The largest absolute Gasteiger partial charge is 0.458 e. The highest BCUT2D eigenvalue weighted by Crippen LogP contribution is 2.27. The van der Waals surface area contributed by atoms with Crippen LogP contribution in [-0.4, -0.2) is 18.3 Å². The number of hydrogen-bond acceptors (Lipinski definition) is 3. The molecule has 0 aliphatic carbocycles. The molecule has 2 atom stereocenters. The molecule has 17 heavy (non-hydrogen) atoms. The fourth-order valence-electron chi connectivity index (χ4n) is 1.87. The van der Waals surface area contributed by atoms with Crippen LogP contribution in [0.25, 0.3) is 11.0 Å². The summed E-state index contributed by atoms with van der Waals surface area (Å²) in [6, 6.07) is 7.88. The monoisotopic (exact) mass is 234 g/mol. The van der Waals surface area contributed by atoms with Gasteiger partial charge in [0.25, 0.3) is 0 Å². The molecule has 2 aromatic rings. The summed E-state index contributed by atoms with van der Waals surface area (Å²) in [6.45, 7) is 3.96. The highest BCUT2D eigenvalue weighted by molar-refractivity contribution is 5.78. The van der Waals surface area contributed by atoms with Crippen molar-refractivity contribution in [3.05, 3.63) is 35.6 Å². The van der Waals surface area contributed by atoms with Crippen LogP contribution in [0.5, 0.6) is 0 Å². The molecule has 0 aliphatic heterocycles. The Morgan fingerprint density at radius 3 is 2.82 bits per heavy atom. The first kappa shape index (κ1) is 12.1. The molecule has 0 amide bonds. The fourth-order valence-corrected chi connectivity index (χ4v) is 1.87. The summed E-state index contributed by atoms with van der Waals surface area (Å²) in [6.07, 6.45) is -0.0624. The maximum Gasteiger partial charge on any atom is 0.134 e. The Morgan fingerprint density at radius 2 is 2.12 bits per heavy atom. The van der Waals surface area contributed by atoms with Crippen LogP contribution in [0.1, 0.15) is 30.8 Å². The summed E-state index contributed by atoms with van der Waals surface area (Å²) in [5.74, 6) is 0.606. The topological polar surface area (TPSA) is 42.6 Å². The number of aliphatic hydroxyl groups is 1. The van der Waals surface area contributed by atoms with Gasteiger partial charge in [0, 0.05) is 18.9 Å². The molecule has 0 saturated carbocycles. The number of aliphatic hydroxyl groups excluding tert-OH is 1. The van der Waals surface area contributed by atoms with Crippen molar-refractivity contribution in [2.75, 3.05) is 7.11 Å². The maximum absolute atomic E-state index is 10.0. The smallest absolute Gasteiger partial charge is 0.134 e. The summed E-state index contributed by atoms with van der Waals surface area (Å²) in [7, 11) is 1.64. The van der Waals surface area contributed by atoms with Crippen molar-refractivity contribution in [1.82, 2.24) is 0 Å². The number of ether oxygens (including phenoxy) is 1. The van der Waals surface area contributed by atoms with Crippen LogP contribution in [0.3, 0.4) is 0 Å². The lowest BCUT2D eigenvalue weighted by atomic mass is 10.1. The third-order valence-electron chi connectivity index (χ3n) is 2.98. The second kappa shape index (κ2) is 4.90. The van der Waals surface area contributed by atoms with Crippen LogP contribution in [0.15, 0.2) is 28.7 Å². The Morgan fingerprint density at radius 1 is 1.35 bits per heavy atom. The summed E-state index contributed by atoms with van der Waals surface area (Å²) < 4.78 is 10.8. The zero-order valence-corrected chi connectivity index (χ0v) is 10.4. The van der Waals surface area contributed by atoms with Crippen molar-refractivity contribution in [2.24, 2.45) is 0 Å². The first-order valence-corrected chi connectivity index (χ1v) is 5.81. The molecule has 3 nitrogen and oxygen atoms in total. The zero-order chi connectivity index (χ0) is 12.4. The van der Waals surface area contributed by atoms with Gasteiger partial charge >= 0.3 is 0 Å². The number of benzene rings is 1. The maximum atomic E-state index is 10.0. The van der Waals surface area contributed by atoms with Gasteiger partial charge in [0.05, 0.1) is 6.10 Å². The molecule has 3 heteroatoms. The molecule has 0 bridgehead atoms. The van der Waals surface area contributed by atoms with E-state index in [2.05, 4.69) is 6.07 Å². The van der Waals surface area contributed by atoms with Crippen LogP contribution in [0.2, 0.25) is 0 Å². The predicted molar refractivity (Wildman–Crippen MR) is 67.0 cm³/mol. The summed E-state index contributed by atoms with van der Waals surface area (Å²) in [5.41, 5.74) is 2.00. The molecule has 0 fully saturated rings. The van der Waals surface area contributed by atoms with Gasteiger partial charge in [-0.05, 0) is 32.0 Å². The Bertz CT molecular complexity index is 501. The molecule has 1 aromatic heterocycles. The molecule has 1 aromatic carbocycles. The summed E-state index contributed by atoms with van der Waals surface area (Å²) in [4.78, 5) is 0. The second-order valence-corrected chi connectivity index (χ2v) is 4.49. The predicted octanol–water partition coefficient (Wildman–Crippen LogP) is 3.20. The van der Waals surface area contributed by atoms with Crippen molar-refractivity contribution < 1.29 is 14.3 Å². The van der Waals surface area contributed by atoms with Crippen LogP contribution in [0, 0.1) is 6.92 Å². The lowest BCUT2D eigenvalue weighted by molar-refractivity contribution is 0.0475. The molecule has 1 heterocycles. The van der Waals surface area contributed by atoms with E-state index in [0.29, 0.717) is 12.2 Å². The van der Waals surface area contributed by atoms with E-state index in [4.69, 9.17) is 9.15 Å². The molecule has 92 valence electrons. The first-order valence-electron chi connectivity index (χ1n) is 5.81. The van der Waals surface area contributed by atoms with E-state index < -0.39 is 6.10 Å². The lowest BCUT2D eigenvalue weighted by Crippen LogP contribution is -2.10. The van der Waals surface area contributed by atoms with Crippen LogP contribution < -0.4 is 0 Å². The number of hydrogen-bond donors (Lipinski definition) is 1. The van der Waals surface area contributed by atoms with Crippen LogP contribution in [0.4, 0.5) is 0 Å². The SMILES string of the molecule is COC(C)CC(O)c1cc2cc(C)ccc2o1. The molecule has 0 aliphatic rings. The Kier molecular flexibility index (Phi) is 3.50. The van der Waals surface area contributed by atoms with Gasteiger partial charge in [0.2, 0.25) is 0 Å². The number of rotatable bonds is 4.